The number of non-ortho nitro benzene ring substituents is 1. The molecule has 0 saturated heterocycles. The summed E-state index contributed by atoms with van der Waals surface area (Å²) in [5.41, 5.74) is 8.07. The topological polar surface area (TPSA) is 107 Å². The Morgan fingerprint density at radius 1 is 1.17 bits per heavy atom. The van der Waals surface area contributed by atoms with Gasteiger partial charge < -0.3 is 5.73 Å². The van der Waals surface area contributed by atoms with Gasteiger partial charge in [0.1, 0.15) is 0 Å². The molecule has 2 N–H and O–H groups in total. The summed E-state index contributed by atoms with van der Waals surface area (Å²) >= 11 is 0. The predicted octanol–water partition coefficient (Wildman–Crippen LogP) is 2.20. The van der Waals surface area contributed by atoms with Gasteiger partial charge in [0.25, 0.3) is 15.7 Å². The highest BCUT2D eigenvalue weighted by Crippen LogP contribution is 2.33. The van der Waals surface area contributed by atoms with Crippen LogP contribution >= 0.6 is 0 Å². The number of hydrogen-bond acceptors (Lipinski definition) is 5. The summed E-state index contributed by atoms with van der Waals surface area (Å²) in [4.78, 5) is 10.2. The third-order valence-corrected chi connectivity index (χ3v) is 5.92. The second-order valence-electron chi connectivity index (χ2n) is 5.60. The Morgan fingerprint density at radius 3 is 2.50 bits per heavy atom. The van der Waals surface area contributed by atoms with Crippen molar-refractivity contribution in [2.45, 2.75) is 24.3 Å². The molecule has 1 heterocycles. The highest BCUT2D eigenvalue weighted by Gasteiger charge is 2.29. The molecule has 7 nitrogen and oxygen atoms in total. The molecule has 0 saturated carbocycles. The van der Waals surface area contributed by atoms with Gasteiger partial charge in [-0.1, -0.05) is 12.1 Å². The van der Waals surface area contributed by atoms with Gasteiger partial charge in [-0.25, -0.2) is 8.42 Å². The smallest absolute Gasteiger partial charge is 0.269 e. The molecule has 0 aromatic heterocycles. The lowest BCUT2D eigenvalue weighted by molar-refractivity contribution is -0.384. The van der Waals surface area contributed by atoms with E-state index in [1.807, 2.05) is 12.1 Å². The largest absolute Gasteiger partial charge is 0.326 e. The molecule has 0 atom stereocenters. The van der Waals surface area contributed by atoms with Crippen molar-refractivity contribution in [1.82, 2.24) is 0 Å². The van der Waals surface area contributed by atoms with Crippen LogP contribution in [-0.2, 0) is 23.0 Å². The van der Waals surface area contributed by atoms with Gasteiger partial charge in [-0.3, -0.25) is 14.4 Å². The molecular weight excluding hydrogens is 330 g/mol. The number of aryl methyl sites for hydroxylation is 1. The maximum absolute atomic E-state index is 12.9. The number of anilines is 1. The third kappa shape index (κ3) is 2.85. The molecule has 1 aliphatic rings. The van der Waals surface area contributed by atoms with E-state index in [1.165, 1.54) is 28.6 Å². The third-order valence-electron chi connectivity index (χ3n) is 4.09. The van der Waals surface area contributed by atoms with E-state index in [0.717, 1.165) is 17.5 Å². The number of hydrogen-bond donors (Lipinski definition) is 1. The maximum Gasteiger partial charge on any atom is 0.269 e. The van der Waals surface area contributed by atoms with Crippen LogP contribution in [0.3, 0.4) is 0 Å². The highest BCUT2D eigenvalue weighted by molar-refractivity contribution is 7.92. The quantitative estimate of drug-likeness (QED) is 0.674. The van der Waals surface area contributed by atoms with Crippen molar-refractivity contribution in [3.8, 4) is 0 Å². The summed E-state index contributed by atoms with van der Waals surface area (Å²) in [5.74, 6) is 0. The Bertz CT molecular complexity index is 879. The Hall–Kier alpha value is -2.45. The van der Waals surface area contributed by atoms with Gasteiger partial charge in [0.05, 0.1) is 15.5 Å². The van der Waals surface area contributed by atoms with Crippen molar-refractivity contribution in [1.29, 1.82) is 0 Å². The van der Waals surface area contributed by atoms with Crippen molar-refractivity contribution in [3.05, 3.63) is 63.7 Å². The molecule has 126 valence electrons. The number of fused-ring (bicyclic) bond motifs is 1. The van der Waals surface area contributed by atoms with Crippen LogP contribution in [0.5, 0.6) is 0 Å². The Balaban J connectivity index is 2.01. The fraction of sp³-hybridized carbons (Fsp3) is 0.250. The average Bonchev–Trinajstić information content (AvgIpc) is 2.60. The average molecular weight is 347 g/mol. The first kappa shape index (κ1) is 16.4. The lowest BCUT2D eigenvalue weighted by Crippen LogP contribution is -2.35. The summed E-state index contributed by atoms with van der Waals surface area (Å²) in [6, 6.07) is 10.5. The Kier molecular flexibility index (Phi) is 4.25. The molecular formula is C16H17N3O4S. The van der Waals surface area contributed by atoms with Crippen LogP contribution in [0, 0.1) is 10.1 Å². The molecule has 1 aliphatic heterocycles. The first-order valence-electron chi connectivity index (χ1n) is 7.52. The molecule has 8 heteroatoms. The van der Waals surface area contributed by atoms with E-state index < -0.39 is 14.9 Å². The summed E-state index contributed by atoms with van der Waals surface area (Å²) in [5, 5.41) is 10.7. The molecule has 0 unspecified atom stereocenters. The van der Waals surface area contributed by atoms with Gasteiger partial charge in [0, 0.05) is 25.2 Å². The summed E-state index contributed by atoms with van der Waals surface area (Å²) in [7, 11) is -3.76. The summed E-state index contributed by atoms with van der Waals surface area (Å²) in [6.45, 7) is 0.788. The zero-order chi connectivity index (χ0) is 17.3. The van der Waals surface area contributed by atoms with Crippen LogP contribution in [0.15, 0.2) is 47.4 Å². The van der Waals surface area contributed by atoms with E-state index in [0.29, 0.717) is 25.2 Å². The number of rotatable bonds is 4. The monoisotopic (exact) mass is 347 g/mol. The molecule has 0 amide bonds. The van der Waals surface area contributed by atoms with Crippen LogP contribution < -0.4 is 10.0 Å². The zero-order valence-electron chi connectivity index (χ0n) is 12.9. The fourth-order valence-corrected chi connectivity index (χ4v) is 4.40. The highest BCUT2D eigenvalue weighted by atomic mass is 32.2. The molecule has 0 spiro atoms. The molecule has 24 heavy (non-hydrogen) atoms. The van der Waals surface area contributed by atoms with Crippen molar-refractivity contribution < 1.29 is 13.3 Å². The van der Waals surface area contributed by atoms with Crippen LogP contribution in [0.2, 0.25) is 0 Å². The van der Waals surface area contributed by atoms with E-state index in [-0.39, 0.29) is 10.6 Å². The van der Waals surface area contributed by atoms with Crippen molar-refractivity contribution in [3.63, 3.8) is 0 Å². The second-order valence-corrected chi connectivity index (χ2v) is 7.46. The van der Waals surface area contributed by atoms with Gasteiger partial charge in [0.2, 0.25) is 0 Å². The van der Waals surface area contributed by atoms with E-state index in [9.17, 15) is 18.5 Å². The van der Waals surface area contributed by atoms with Crippen LogP contribution in [0.25, 0.3) is 0 Å². The van der Waals surface area contributed by atoms with E-state index in [2.05, 4.69) is 0 Å². The second kappa shape index (κ2) is 6.21. The number of nitro benzene ring substituents is 1. The van der Waals surface area contributed by atoms with Gasteiger partial charge in [-0.2, -0.15) is 0 Å². The summed E-state index contributed by atoms with van der Waals surface area (Å²) < 4.78 is 27.2. The fourth-order valence-electron chi connectivity index (χ4n) is 2.86. The lowest BCUT2D eigenvalue weighted by atomic mass is 10.0. The van der Waals surface area contributed by atoms with Crippen LogP contribution in [0.4, 0.5) is 11.4 Å². The number of nitrogens with two attached hydrogens (primary N) is 1. The van der Waals surface area contributed by atoms with Gasteiger partial charge in [-0.15, -0.1) is 0 Å². The van der Waals surface area contributed by atoms with E-state index >= 15 is 0 Å². The molecule has 0 bridgehead atoms. The molecule has 0 fully saturated rings. The zero-order valence-corrected chi connectivity index (χ0v) is 13.7. The number of nitro groups is 1. The van der Waals surface area contributed by atoms with Gasteiger partial charge in [-0.05, 0) is 42.2 Å². The van der Waals surface area contributed by atoms with Crippen LogP contribution in [0.1, 0.15) is 17.5 Å². The number of benzene rings is 2. The molecule has 2 aromatic rings. The minimum absolute atomic E-state index is 0.0452. The standard InChI is InChI=1S/C16H17N3O4S/c17-11-12-3-8-16-13(10-12)2-1-9-18(16)24(22,23)15-6-4-14(5-7-15)19(20)21/h3-8,10H,1-2,9,11,17H2. The minimum Gasteiger partial charge on any atom is -0.326 e. The summed E-state index contributed by atoms with van der Waals surface area (Å²) in [6.07, 6.45) is 1.52. The minimum atomic E-state index is -3.76. The number of sulfonamides is 1. The normalized spacial score (nSPS) is 14.3. The van der Waals surface area contributed by atoms with Gasteiger partial charge >= 0.3 is 0 Å². The van der Waals surface area contributed by atoms with Crippen molar-refractivity contribution in [2.24, 2.45) is 5.73 Å². The van der Waals surface area contributed by atoms with Crippen molar-refractivity contribution >= 4 is 21.4 Å². The predicted molar refractivity (Wildman–Crippen MR) is 90.3 cm³/mol. The van der Waals surface area contributed by atoms with Crippen molar-refractivity contribution in [2.75, 3.05) is 10.8 Å². The first-order chi connectivity index (χ1) is 11.4. The van der Waals surface area contributed by atoms with Gasteiger partial charge in [0.15, 0.2) is 0 Å². The number of nitrogens with zero attached hydrogens (tertiary/aromatic N) is 2. The Morgan fingerprint density at radius 2 is 1.88 bits per heavy atom. The lowest BCUT2D eigenvalue weighted by Gasteiger charge is -2.30. The van der Waals surface area contributed by atoms with E-state index in [4.69, 9.17) is 5.73 Å². The Labute approximate surface area is 139 Å². The van der Waals surface area contributed by atoms with E-state index in [1.54, 1.807) is 6.07 Å². The molecule has 0 radical (unpaired) electrons. The maximum atomic E-state index is 12.9. The molecule has 3 rings (SSSR count). The molecule has 0 aliphatic carbocycles. The molecule has 2 aromatic carbocycles. The van der Waals surface area contributed by atoms with Crippen LogP contribution in [-0.4, -0.2) is 19.9 Å². The SMILES string of the molecule is NCc1ccc2c(c1)CCCN2S(=O)(=O)c1ccc([N+](=O)[O-])cc1. The first-order valence-corrected chi connectivity index (χ1v) is 8.96.